The molecule has 2 rings (SSSR count). The minimum absolute atomic E-state index is 0.437. The molecule has 0 unspecified atom stereocenters. The molecule has 0 aliphatic heterocycles. The van der Waals surface area contributed by atoms with Gasteiger partial charge in [-0.25, -0.2) is 4.99 Å². The minimum Gasteiger partial charge on any atom is -0.356 e. The first kappa shape index (κ1) is 18.5. The molecule has 1 aromatic heterocycles. The fraction of sp³-hybridized carbons (Fsp3) is 0.722. The molecule has 0 spiro atoms. The second-order valence-electron chi connectivity index (χ2n) is 7.36. The smallest absolute Gasteiger partial charge is 0.191 e. The third-order valence-corrected chi connectivity index (χ3v) is 4.86. The van der Waals surface area contributed by atoms with E-state index in [0.29, 0.717) is 18.5 Å². The molecule has 1 heterocycles. The molecular formula is C18H32N6. The Morgan fingerprint density at radius 1 is 1.38 bits per heavy atom. The second kappa shape index (κ2) is 8.31. The fourth-order valence-corrected chi connectivity index (χ4v) is 3.35. The van der Waals surface area contributed by atoms with E-state index >= 15 is 0 Å². The molecule has 0 aromatic carbocycles. The van der Waals surface area contributed by atoms with Crippen LogP contribution in [0, 0.1) is 18.3 Å². The zero-order chi connectivity index (χ0) is 17.6. The van der Waals surface area contributed by atoms with Crippen LogP contribution in [0.5, 0.6) is 0 Å². The summed E-state index contributed by atoms with van der Waals surface area (Å²) in [6, 6.07) is 0. The highest BCUT2D eigenvalue weighted by molar-refractivity contribution is 5.79. The van der Waals surface area contributed by atoms with E-state index in [-0.39, 0.29) is 0 Å². The molecular weight excluding hydrogens is 300 g/mol. The van der Waals surface area contributed by atoms with Gasteiger partial charge in [0.2, 0.25) is 0 Å². The first-order chi connectivity index (χ1) is 11.5. The van der Waals surface area contributed by atoms with Crippen molar-refractivity contribution in [1.29, 1.82) is 0 Å². The third-order valence-electron chi connectivity index (χ3n) is 4.86. The van der Waals surface area contributed by atoms with Crippen molar-refractivity contribution >= 4 is 5.96 Å². The summed E-state index contributed by atoms with van der Waals surface area (Å²) in [6.07, 6.45) is 7.10. The van der Waals surface area contributed by atoms with Crippen molar-refractivity contribution in [1.82, 2.24) is 25.4 Å². The lowest BCUT2D eigenvalue weighted by atomic mass is 9.64. The zero-order valence-electron chi connectivity index (χ0n) is 15.6. The Labute approximate surface area is 145 Å². The van der Waals surface area contributed by atoms with Crippen molar-refractivity contribution in [2.24, 2.45) is 23.4 Å². The Kier molecular flexibility index (Phi) is 6.40. The Bertz CT molecular complexity index is 568. The largest absolute Gasteiger partial charge is 0.356 e. The molecule has 1 aliphatic carbocycles. The van der Waals surface area contributed by atoms with Crippen LogP contribution in [-0.2, 0) is 13.6 Å². The zero-order valence-corrected chi connectivity index (χ0v) is 15.6. The summed E-state index contributed by atoms with van der Waals surface area (Å²) in [5, 5.41) is 15.1. The second-order valence-corrected chi connectivity index (χ2v) is 7.36. The van der Waals surface area contributed by atoms with Crippen LogP contribution in [0.25, 0.3) is 0 Å². The van der Waals surface area contributed by atoms with E-state index < -0.39 is 0 Å². The van der Waals surface area contributed by atoms with Crippen LogP contribution in [0.15, 0.2) is 17.6 Å². The van der Waals surface area contributed by atoms with E-state index in [0.717, 1.165) is 30.1 Å². The first-order valence-electron chi connectivity index (χ1n) is 8.94. The molecule has 6 nitrogen and oxygen atoms in total. The maximum absolute atomic E-state index is 4.67. The number of aromatic nitrogens is 3. The van der Waals surface area contributed by atoms with Crippen molar-refractivity contribution < 1.29 is 0 Å². The molecule has 0 radical (unpaired) electrons. The maximum Gasteiger partial charge on any atom is 0.191 e. The summed E-state index contributed by atoms with van der Waals surface area (Å²) < 4.78 is 1.97. The number of hydrogen-bond acceptors (Lipinski definition) is 3. The number of rotatable bonds is 8. The van der Waals surface area contributed by atoms with Gasteiger partial charge in [0, 0.05) is 20.1 Å². The predicted molar refractivity (Wildman–Crippen MR) is 98.8 cm³/mol. The molecule has 0 bridgehead atoms. The molecule has 24 heavy (non-hydrogen) atoms. The van der Waals surface area contributed by atoms with Gasteiger partial charge in [0.25, 0.3) is 0 Å². The quantitative estimate of drug-likeness (QED) is 0.436. The summed E-state index contributed by atoms with van der Waals surface area (Å²) in [5.41, 5.74) is 0.437. The van der Waals surface area contributed by atoms with Gasteiger partial charge in [-0.05, 0) is 37.5 Å². The van der Waals surface area contributed by atoms with E-state index in [9.17, 15) is 0 Å². The molecule has 0 amide bonds. The van der Waals surface area contributed by atoms with E-state index in [1.54, 1.807) is 0 Å². The van der Waals surface area contributed by atoms with E-state index in [4.69, 9.17) is 0 Å². The summed E-state index contributed by atoms with van der Waals surface area (Å²) in [4.78, 5) is 4.67. The van der Waals surface area contributed by atoms with Crippen molar-refractivity contribution in [2.75, 3.05) is 13.1 Å². The number of nitrogens with zero attached hydrogens (tertiary/aromatic N) is 4. The number of nitrogens with one attached hydrogen (secondary N) is 2. The minimum atomic E-state index is 0.437. The Morgan fingerprint density at radius 2 is 2.12 bits per heavy atom. The molecule has 0 atom stereocenters. The van der Waals surface area contributed by atoms with E-state index in [2.05, 4.69) is 46.2 Å². The molecule has 1 aromatic rings. The van der Waals surface area contributed by atoms with Gasteiger partial charge in [0.15, 0.2) is 11.8 Å². The van der Waals surface area contributed by atoms with Gasteiger partial charge in [0.1, 0.15) is 12.4 Å². The fourth-order valence-electron chi connectivity index (χ4n) is 3.35. The van der Waals surface area contributed by atoms with Crippen molar-refractivity contribution in [3.05, 3.63) is 24.3 Å². The van der Waals surface area contributed by atoms with Gasteiger partial charge in [0.05, 0.1) is 0 Å². The number of hydrogen-bond donors (Lipinski definition) is 2. The lowest BCUT2D eigenvalue weighted by Gasteiger charge is -2.43. The Hall–Kier alpha value is -1.85. The van der Waals surface area contributed by atoms with Crippen molar-refractivity contribution in [3.8, 4) is 0 Å². The van der Waals surface area contributed by atoms with Crippen molar-refractivity contribution in [3.63, 3.8) is 0 Å². The predicted octanol–water partition coefficient (Wildman–Crippen LogP) is 2.56. The molecule has 1 fully saturated rings. The highest BCUT2D eigenvalue weighted by atomic mass is 15.3. The highest BCUT2D eigenvalue weighted by Gasteiger charge is 2.37. The Balaban J connectivity index is 1.98. The molecule has 2 N–H and O–H groups in total. The monoisotopic (exact) mass is 332 g/mol. The number of aliphatic imine (C=N–C) groups is 1. The van der Waals surface area contributed by atoms with E-state index in [1.165, 1.54) is 25.7 Å². The lowest BCUT2D eigenvalue weighted by molar-refractivity contribution is 0.104. The summed E-state index contributed by atoms with van der Waals surface area (Å²) in [7, 11) is 1.97. The standard InChI is InChI=1S/C18H32N6/c1-6-10-19-17(20-12-16-23-22-15(4)24(16)5)21-13-18(8-7-9-18)11-14(2)3/h6,14H,1,7-13H2,2-5H3,(H2,19,20,21). The highest BCUT2D eigenvalue weighted by Crippen LogP contribution is 2.45. The summed E-state index contributed by atoms with van der Waals surface area (Å²) in [5.74, 6) is 3.33. The van der Waals surface area contributed by atoms with Gasteiger partial charge in [-0.3, -0.25) is 0 Å². The number of aryl methyl sites for hydroxylation is 1. The van der Waals surface area contributed by atoms with Crippen LogP contribution in [-0.4, -0.2) is 33.8 Å². The summed E-state index contributed by atoms with van der Waals surface area (Å²) in [6.45, 7) is 12.5. The summed E-state index contributed by atoms with van der Waals surface area (Å²) >= 11 is 0. The topological polar surface area (TPSA) is 67.1 Å². The normalized spacial score (nSPS) is 16.8. The maximum atomic E-state index is 4.67. The lowest BCUT2D eigenvalue weighted by Crippen LogP contribution is -2.47. The van der Waals surface area contributed by atoms with Crippen LogP contribution >= 0.6 is 0 Å². The van der Waals surface area contributed by atoms with Gasteiger partial charge in [-0.2, -0.15) is 0 Å². The first-order valence-corrected chi connectivity index (χ1v) is 8.94. The van der Waals surface area contributed by atoms with E-state index in [1.807, 2.05) is 24.6 Å². The van der Waals surface area contributed by atoms with Crippen LogP contribution in [0.1, 0.15) is 51.2 Å². The average Bonchev–Trinajstić information content (AvgIpc) is 2.82. The molecule has 1 saturated carbocycles. The SMILES string of the molecule is C=CCNC(=NCc1nnc(C)n1C)NCC1(CC(C)C)CCC1. The molecule has 1 aliphatic rings. The average molecular weight is 332 g/mol. The van der Waals surface area contributed by atoms with Gasteiger partial charge in [-0.15, -0.1) is 16.8 Å². The van der Waals surface area contributed by atoms with Crippen LogP contribution in [0.2, 0.25) is 0 Å². The molecule has 6 heteroatoms. The van der Waals surface area contributed by atoms with Gasteiger partial charge < -0.3 is 15.2 Å². The van der Waals surface area contributed by atoms with Gasteiger partial charge >= 0.3 is 0 Å². The van der Waals surface area contributed by atoms with Gasteiger partial charge in [-0.1, -0.05) is 26.3 Å². The van der Waals surface area contributed by atoms with Crippen LogP contribution in [0.3, 0.4) is 0 Å². The van der Waals surface area contributed by atoms with Crippen LogP contribution < -0.4 is 10.6 Å². The molecule has 134 valence electrons. The van der Waals surface area contributed by atoms with Crippen molar-refractivity contribution in [2.45, 2.75) is 53.0 Å². The Morgan fingerprint density at radius 3 is 2.62 bits per heavy atom. The van der Waals surface area contributed by atoms with Crippen LogP contribution in [0.4, 0.5) is 0 Å². The molecule has 0 saturated heterocycles. The number of guanidine groups is 1. The third kappa shape index (κ3) is 4.82.